The first-order valence-corrected chi connectivity index (χ1v) is 8.66. The highest BCUT2D eigenvalue weighted by atomic mass is 16.6. The van der Waals surface area contributed by atoms with Crippen molar-refractivity contribution in [3.05, 3.63) is 40.9 Å². The average Bonchev–Trinajstić information content (AvgIpc) is 3.02. The van der Waals surface area contributed by atoms with Gasteiger partial charge in [-0.2, -0.15) is 0 Å². The molecule has 0 bridgehead atoms. The summed E-state index contributed by atoms with van der Waals surface area (Å²) in [5, 5.41) is 13.4. The molecule has 26 heavy (non-hydrogen) atoms. The normalized spacial score (nSPS) is 20.7. The van der Waals surface area contributed by atoms with Crippen LogP contribution in [0.25, 0.3) is 0 Å². The minimum absolute atomic E-state index is 0.000374. The van der Waals surface area contributed by atoms with Crippen molar-refractivity contribution in [2.75, 3.05) is 24.6 Å². The second-order valence-electron chi connectivity index (χ2n) is 6.72. The molecule has 2 aromatic heterocycles. The summed E-state index contributed by atoms with van der Waals surface area (Å²) in [7, 11) is 0. The summed E-state index contributed by atoms with van der Waals surface area (Å²) in [5.41, 5.74) is 0.977. The summed E-state index contributed by atoms with van der Waals surface area (Å²) in [4.78, 5) is 29.8. The van der Waals surface area contributed by atoms with Crippen molar-refractivity contribution in [3.8, 4) is 0 Å². The van der Waals surface area contributed by atoms with Crippen LogP contribution in [-0.2, 0) is 11.2 Å². The van der Waals surface area contributed by atoms with Crippen molar-refractivity contribution >= 4 is 17.8 Å². The van der Waals surface area contributed by atoms with E-state index in [4.69, 9.17) is 9.26 Å². The topological polar surface area (TPSA) is 106 Å². The van der Waals surface area contributed by atoms with Crippen LogP contribution in [0.4, 0.5) is 5.82 Å². The number of fused-ring (bicyclic) bond motifs is 1. The number of esters is 1. The van der Waals surface area contributed by atoms with Crippen molar-refractivity contribution in [3.63, 3.8) is 0 Å². The molecule has 1 aliphatic heterocycles. The molecule has 2 fully saturated rings. The number of aromatic carboxylic acids is 1. The van der Waals surface area contributed by atoms with Gasteiger partial charge >= 0.3 is 11.9 Å². The first-order chi connectivity index (χ1) is 12.5. The standard InChI is InChI=1S/C18H19N3O5/c1-2-25-18(24)14-7-13(20-26-14)6-10-3-4-15(19-16(10)17(22)23)21-8-11-5-12(11)9-21/h3-4,7,11-12H,2,5-6,8-9H2,1H3,(H,22,23). The number of hydrogen-bond acceptors (Lipinski definition) is 7. The number of carboxylic acid groups (broad SMARTS) is 1. The second-order valence-corrected chi connectivity index (χ2v) is 6.72. The van der Waals surface area contributed by atoms with Gasteiger partial charge in [0, 0.05) is 25.6 Å². The molecule has 0 spiro atoms. The van der Waals surface area contributed by atoms with E-state index < -0.39 is 11.9 Å². The van der Waals surface area contributed by atoms with E-state index in [0.29, 0.717) is 17.1 Å². The van der Waals surface area contributed by atoms with Gasteiger partial charge in [0.2, 0.25) is 5.76 Å². The Labute approximate surface area is 149 Å². The molecule has 4 rings (SSSR count). The number of piperidine rings is 1. The molecule has 8 nitrogen and oxygen atoms in total. The molecule has 1 saturated heterocycles. The number of carbonyl (C=O) groups excluding carboxylic acids is 1. The first kappa shape index (κ1) is 16.6. The van der Waals surface area contributed by atoms with Gasteiger partial charge in [0.1, 0.15) is 5.82 Å². The summed E-state index contributed by atoms with van der Waals surface area (Å²) in [6.45, 7) is 3.83. The molecule has 3 heterocycles. The molecular formula is C18H19N3O5. The van der Waals surface area contributed by atoms with Gasteiger partial charge in [0.05, 0.1) is 12.3 Å². The zero-order valence-corrected chi connectivity index (χ0v) is 14.3. The fourth-order valence-corrected chi connectivity index (χ4v) is 3.46. The Morgan fingerprint density at radius 1 is 1.35 bits per heavy atom. The molecule has 8 heteroatoms. The summed E-state index contributed by atoms with van der Waals surface area (Å²) in [5.74, 6) is 0.499. The minimum atomic E-state index is -1.08. The molecule has 0 amide bonds. The molecular weight excluding hydrogens is 338 g/mol. The number of ether oxygens (including phenoxy) is 1. The summed E-state index contributed by atoms with van der Waals surface area (Å²) < 4.78 is 9.83. The molecule has 1 aliphatic carbocycles. The van der Waals surface area contributed by atoms with Gasteiger partial charge in [0.15, 0.2) is 5.69 Å². The van der Waals surface area contributed by atoms with E-state index in [9.17, 15) is 14.7 Å². The SMILES string of the molecule is CCOC(=O)c1cc(Cc2ccc(N3CC4CC4C3)nc2C(=O)O)no1. The quantitative estimate of drug-likeness (QED) is 0.783. The van der Waals surface area contributed by atoms with Gasteiger partial charge in [0.25, 0.3) is 0 Å². The molecule has 1 N–H and O–H groups in total. The highest BCUT2D eigenvalue weighted by molar-refractivity contribution is 5.88. The number of anilines is 1. The number of hydrogen-bond donors (Lipinski definition) is 1. The predicted molar refractivity (Wildman–Crippen MR) is 90.3 cm³/mol. The van der Waals surface area contributed by atoms with Crippen molar-refractivity contribution in [2.45, 2.75) is 19.8 Å². The Kier molecular flexibility index (Phi) is 4.10. The van der Waals surface area contributed by atoms with Crippen molar-refractivity contribution in [1.29, 1.82) is 0 Å². The van der Waals surface area contributed by atoms with E-state index in [0.717, 1.165) is 24.9 Å². The van der Waals surface area contributed by atoms with Crippen LogP contribution in [0.1, 0.15) is 45.6 Å². The maximum Gasteiger partial charge on any atom is 0.377 e. The Bertz CT molecular complexity index is 852. The van der Waals surface area contributed by atoms with Gasteiger partial charge in [-0.3, -0.25) is 0 Å². The predicted octanol–water partition coefficient (Wildman–Crippen LogP) is 1.99. The Morgan fingerprint density at radius 2 is 2.12 bits per heavy atom. The lowest BCUT2D eigenvalue weighted by Crippen LogP contribution is -2.24. The van der Waals surface area contributed by atoms with E-state index in [1.165, 1.54) is 12.5 Å². The third-order valence-corrected chi connectivity index (χ3v) is 4.88. The second kappa shape index (κ2) is 6.44. The Morgan fingerprint density at radius 3 is 2.81 bits per heavy atom. The molecule has 136 valence electrons. The first-order valence-electron chi connectivity index (χ1n) is 8.66. The number of carboxylic acids is 1. The van der Waals surface area contributed by atoms with Crippen LogP contribution in [0.5, 0.6) is 0 Å². The van der Waals surface area contributed by atoms with Crippen LogP contribution in [0, 0.1) is 11.8 Å². The number of nitrogens with zero attached hydrogens (tertiary/aromatic N) is 3. The van der Waals surface area contributed by atoms with Gasteiger partial charge in [-0.15, -0.1) is 0 Å². The van der Waals surface area contributed by atoms with E-state index >= 15 is 0 Å². The number of aromatic nitrogens is 2. The maximum absolute atomic E-state index is 11.7. The van der Waals surface area contributed by atoms with Crippen LogP contribution in [0.3, 0.4) is 0 Å². The van der Waals surface area contributed by atoms with Crippen molar-refractivity contribution in [2.24, 2.45) is 11.8 Å². The van der Waals surface area contributed by atoms with Crippen molar-refractivity contribution < 1.29 is 24.0 Å². The smallest absolute Gasteiger partial charge is 0.377 e. The molecule has 0 radical (unpaired) electrons. The summed E-state index contributed by atoms with van der Waals surface area (Å²) >= 11 is 0. The van der Waals surface area contributed by atoms with E-state index in [1.54, 1.807) is 13.0 Å². The van der Waals surface area contributed by atoms with Gasteiger partial charge in [-0.1, -0.05) is 11.2 Å². The fourth-order valence-electron chi connectivity index (χ4n) is 3.46. The lowest BCUT2D eigenvalue weighted by molar-refractivity contribution is 0.0479. The average molecular weight is 357 g/mol. The molecule has 2 atom stereocenters. The summed E-state index contributed by atoms with van der Waals surface area (Å²) in [6.07, 6.45) is 1.48. The molecule has 2 aliphatic rings. The van der Waals surface area contributed by atoms with E-state index in [2.05, 4.69) is 15.0 Å². The summed E-state index contributed by atoms with van der Waals surface area (Å²) in [6, 6.07) is 5.07. The molecule has 1 saturated carbocycles. The van der Waals surface area contributed by atoms with Crippen LogP contribution in [-0.4, -0.2) is 46.9 Å². The third-order valence-electron chi connectivity index (χ3n) is 4.88. The highest BCUT2D eigenvalue weighted by Crippen LogP contribution is 2.46. The number of carbonyl (C=O) groups is 2. The zero-order valence-electron chi connectivity index (χ0n) is 14.3. The Balaban J connectivity index is 1.54. The highest BCUT2D eigenvalue weighted by Gasteiger charge is 2.45. The van der Waals surface area contributed by atoms with Crippen LogP contribution < -0.4 is 4.90 Å². The lowest BCUT2D eigenvalue weighted by atomic mass is 10.1. The molecule has 2 aromatic rings. The minimum Gasteiger partial charge on any atom is -0.477 e. The molecule has 0 aromatic carbocycles. The number of rotatable bonds is 6. The van der Waals surface area contributed by atoms with Gasteiger partial charge < -0.3 is 19.3 Å². The van der Waals surface area contributed by atoms with Gasteiger partial charge in [-0.25, -0.2) is 14.6 Å². The molecule has 2 unspecified atom stereocenters. The monoisotopic (exact) mass is 357 g/mol. The fraction of sp³-hybridized carbons (Fsp3) is 0.444. The van der Waals surface area contributed by atoms with E-state index in [-0.39, 0.29) is 24.5 Å². The van der Waals surface area contributed by atoms with Crippen LogP contribution in [0.2, 0.25) is 0 Å². The zero-order chi connectivity index (χ0) is 18.3. The Hall–Kier alpha value is -2.90. The third kappa shape index (κ3) is 3.14. The van der Waals surface area contributed by atoms with Crippen molar-refractivity contribution in [1.82, 2.24) is 10.1 Å². The van der Waals surface area contributed by atoms with Gasteiger partial charge in [-0.05, 0) is 36.8 Å². The van der Waals surface area contributed by atoms with Crippen LogP contribution >= 0.6 is 0 Å². The number of pyridine rings is 1. The maximum atomic E-state index is 11.7. The van der Waals surface area contributed by atoms with Crippen LogP contribution in [0.15, 0.2) is 22.7 Å². The largest absolute Gasteiger partial charge is 0.477 e. The lowest BCUT2D eigenvalue weighted by Gasteiger charge is -2.20. The van der Waals surface area contributed by atoms with E-state index in [1.807, 2.05) is 6.07 Å².